The van der Waals surface area contributed by atoms with Crippen LogP contribution in [0.2, 0.25) is 18.6 Å². The maximum atomic E-state index is 16.2. The lowest BCUT2D eigenvalue weighted by molar-refractivity contribution is -0.385. The first kappa shape index (κ1) is 32.2. The normalized spacial score (nSPS) is 28.0. The van der Waals surface area contributed by atoms with E-state index < -0.39 is 42.4 Å². The van der Waals surface area contributed by atoms with Crippen molar-refractivity contribution in [1.29, 1.82) is 0 Å². The van der Waals surface area contributed by atoms with Crippen LogP contribution in [0.15, 0.2) is 42.5 Å². The van der Waals surface area contributed by atoms with Gasteiger partial charge in [-0.15, -0.1) is 0 Å². The van der Waals surface area contributed by atoms with Gasteiger partial charge in [0.05, 0.1) is 48.9 Å². The van der Waals surface area contributed by atoms with Gasteiger partial charge in [0.2, 0.25) is 20.2 Å². The van der Waals surface area contributed by atoms with Gasteiger partial charge in [0, 0.05) is 54.5 Å². The summed E-state index contributed by atoms with van der Waals surface area (Å²) in [5, 5.41) is 24.7. The van der Waals surface area contributed by atoms with Crippen molar-refractivity contribution in [3.8, 4) is 0 Å². The zero-order valence-electron chi connectivity index (χ0n) is 26.3. The Kier molecular flexibility index (Phi) is 8.50. The molecule has 0 aliphatic carbocycles. The molecule has 4 heterocycles. The van der Waals surface area contributed by atoms with Crippen LogP contribution in [0.25, 0.3) is 0 Å². The minimum atomic E-state index is -3.57. The fourth-order valence-electron chi connectivity index (χ4n) is 7.99. The number of aliphatic hydroxyl groups is 1. The van der Waals surface area contributed by atoms with E-state index in [1.54, 1.807) is 16.7 Å². The maximum Gasteiger partial charge on any atom is 0.269 e. The van der Waals surface area contributed by atoms with Crippen LogP contribution in [0.3, 0.4) is 0 Å². The third kappa shape index (κ3) is 5.40. The van der Waals surface area contributed by atoms with Crippen molar-refractivity contribution in [1.82, 2.24) is 10.2 Å². The summed E-state index contributed by atoms with van der Waals surface area (Å²) < 4.78 is 22.8. The molecule has 246 valence electrons. The molecule has 3 saturated heterocycles. The maximum absolute atomic E-state index is 16.2. The Morgan fingerprint density at radius 1 is 1.20 bits per heavy atom. The number of fused-ring (bicyclic) bond motifs is 2. The van der Waals surface area contributed by atoms with Crippen LogP contribution in [0, 0.1) is 16.0 Å². The van der Waals surface area contributed by atoms with Crippen LogP contribution in [0.4, 0.5) is 21.2 Å². The zero-order chi connectivity index (χ0) is 33.0. The Hall–Kier alpha value is -3.72. The summed E-state index contributed by atoms with van der Waals surface area (Å²) >= 11 is 0. The Morgan fingerprint density at radius 2 is 1.93 bits per heavy atom. The smallest absolute Gasteiger partial charge is 0.269 e. The van der Waals surface area contributed by atoms with Crippen LogP contribution < -0.4 is 15.1 Å². The van der Waals surface area contributed by atoms with Crippen molar-refractivity contribution in [2.45, 2.75) is 69.1 Å². The largest absolute Gasteiger partial charge is 0.394 e. The van der Waals surface area contributed by atoms with Crippen molar-refractivity contribution in [3.63, 3.8) is 0 Å². The number of amides is 3. The summed E-state index contributed by atoms with van der Waals surface area (Å²) in [5.41, 5.74) is -0.443. The lowest BCUT2D eigenvalue weighted by atomic mass is 9.82. The molecule has 0 saturated carbocycles. The number of benzene rings is 2. The molecule has 6 rings (SSSR count). The summed E-state index contributed by atoms with van der Waals surface area (Å²) in [6, 6.07) is 11.2. The first-order valence-corrected chi connectivity index (χ1v) is 18.8. The second kappa shape index (κ2) is 12.1. The molecule has 3 fully saturated rings. The van der Waals surface area contributed by atoms with E-state index in [1.165, 1.54) is 36.2 Å². The third-order valence-electron chi connectivity index (χ3n) is 10.1. The summed E-state index contributed by atoms with van der Waals surface area (Å²) in [4.78, 5) is 56.7. The van der Waals surface area contributed by atoms with Crippen molar-refractivity contribution in [3.05, 3.63) is 63.7 Å². The van der Waals surface area contributed by atoms with Gasteiger partial charge in [-0.25, -0.2) is 0 Å². The summed E-state index contributed by atoms with van der Waals surface area (Å²) in [5.74, 6) is -1.47. The fourth-order valence-corrected chi connectivity index (χ4v) is 10.5. The van der Waals surface area contributed by atoms with Crippen molar-refractivity contribution >= 4 is 43.2 Å². The van der Waals surface area contributed by atoms with Gasteiger partial charge in [-0.1, -0.05) is 19.1 Å². The monoisotopic (exact) mass is 653 g/mol. The number of nitro benzene ring substituents is 1. The average Bonchev–Trinajstić information content (AvgIpc) is 3.68. The molecule has 12 nitrogen and oxygen atoms in total. The van der Waals surface area contributed by atoms with E-state index in [0.717, 1.165) is 17.7 Å². The molecule has 3 amide bonds. The van der Waals surface area contributed by atoms with E-state index in [9.17, 15) is 29.6 Å². The molecule has 0 unspecified atom stereocenters. The highest BCUT2D eigenvalue weighted by atomic mass is 28.4. The van der Waals surface area contributed by atoms with E-state index >= 15 is 4.11 Å². The first-order valence-electron chi connectivity index (χ1n) is 15.8. The van der Waals surface area contributed by atoms with Gasteiger partial charge < -0.3 is 34.0 Å². The van der Waals surface area contributed by atoms with E-state index in [2.05, 4.69) is 5.32 Å². The summed E-state index contributed by atoms with van der Waals surface area (Å²) in [7, 11) is -3.57. The van der Waals surface area contributed by atoms with Gasteiger partial charge in [-0.2, -0.15) is 0 Å². The highest BCUT2D eigenvalue weighted by Crippen LogP contribution is 2.60. The number of aliphatic hydroxyl groups excluding tert-OH is 1. The van der Waals surface area contributed by atoms with Crippen LogP contribution in [0.1, 0.15) is 37.3 Å². The number of anilines is 2. The van der Waals surface area contributed by atoms with Crippen molar-refractivity contribution in [2.75, 3.05) is 42.6 Å². The molecule has 2 aromatic carbocycles. The Bertz CT molecular complexity index is 1550. The minimum Gasteiger partial charge on any atom is -0.394 e. The van der Waals surface area contributed by atoms with Gasteiger partial charge in [-0.05, 0) is 49.7 Å². The number of carbonyl (C=O) groups excluding carboxylic acids is 3. The lowest BCUT2D eigenvalue weighted by Crippen LogP contribution is -2.48. The predicted molar refractivity (Wildman–Crippen MR) is 170 cm³/mol. The molecule has 4 aliphatic rings. The van der Waals surface area contributed by atoms with Crippen LogP contribution in [-0.2, 0) is 31.3 Å². The van der Waals surface area contributed by atoms with Crippen LogP contribution in [0.5, 0.6) is 0 Å². The third-order valence-corrected chi connectivity index (χ3v) is 12.6. The number of nitrogens with zero attached hydrogens (tertiary/aromatic N) is 4. The van der Waals surface area contributed by atoms with Gasteiger partial charge in [0.25, 0.3) is 11.6 Å². The van der Waals surface area contributed by atoms with E-state index in [0.29, 0.717) is 37.3 Å². The van der Waals surface area contributed by atoms with Crippen molar-refractivity contribution < 1.29 is 33.3 Å². The van der Waals surface area contributed by atoms with E-state index in [-0.39, 0.29) is 49.7 Å². The molecular weight excluding hydrogens is 613 g/mol. The molecular formula is C32H40FN5O7Si. The van der Waals surface area contributed by atoms with E-state index in [1.807, 2.05) is 24.3 Å². The molecule has 0 radical (unpaired) electrons. The molecule has 14 heteroatoms. The first-order chi connectivity index (χ1) is 21.9. The average molecular weight is 654 g/mol. The number of carbonyl (C=O) groups is 3. The van der Waals surface area contributed by atoms with Crippen molar-refractivity contribution in [2.24, 2.45) is 5.92 Å². The van der Waals surface area contributed by atoms with Crippen LogP contribution in [-0.4, -0.2) is 86.0 Å². The molecule has 5 atom stereocenters. The van der Waals surface area contributed by atoms with E-state index in [4.69, 9.17) is 4.74 Å². The summed E-state index contributed by atoms with van der Waals surface area (Å²) in [6.07, 6.45) is 0.350. The Balaban J connectivity index is 1.35. The highest BCUT2D eigenvalue weighted by Gasteiger charge is 2.67. The second-order valence-corrected chi connectivity index (χ2v) is 17.1. The van der Waals surface area contributed by atoms with Gasteiger partial charge >= 0.3 is 0 Å². The van der Waals surface area contributed by atoms with Crippen LogP contribution >= 0.6 is 0 Å². The fraction of sp³-hybridized carbons (Fsp3) is 0.531. The van der Waals surface area contributed by atoms with Gasteiger partial charge in [0.15, 0.2) is 5.60 Å². The standard InChI is InChI=1S/C32H40FN5O7Si/c1-20-30(46(2,3)33)27(16-28(40)35-13-4-5-24(35)19-39)45-32(20)25-15-23(38(43)44)10-11-26(25)37(31(32)42)18-21-6-8-22(9-7-21)36-14-12-34-17-29(36)41/h6-11,15,20,24,27,30,34,39H,4-5,12-14,16-19H2,1-3H3/t20-,24+,27+,30-,32+/m1/s1. The number of hydrogen-bond acceptors (Lipinski definition) is 8. The molecule has 2 N–H and O–H groups in total. The number of piperazine rings is 1. The lowest BCUT2D eigenvalue weighted by Gasteiger charge is -2.31. The number of ether oxygens (including phenoxy) is 1. The molecule has 1 spiro atoms. The second-order valence-electron chi connectivity index (χ2n) is 13.3. The topological polar surface area (TPSA) is 146 Å². The molecule has 2 aromatic rings. The number of likely N-dealkylation sites (tertiary alicyclic amines) is 1. The number of rotatable bonds is 8. The SMILES string of the molecule is C[C@@H]1[C@@H]([Si](C)(C)F)[C@H](CC(=O)N2CCC[C@H]2CO)O[C@@]12C(=O)N(Cc1ccc(N3CCNCC3=O)cc1)c1ccc([N+](=O)[O-])cc12. The minimum absolute atomic E-state index is 0.0305. The Morgan fingerprint density at radius 3 is 2.59 bits per heavy atom. The molecule has 0 aromatic heterocycles. The van der Waals surface area contributed by atoms with Gasteiger partial charge in [0.1, 0.15) is 0 Å². The molecule has 4 aliphatic heterocycles. The number of halogens is 1. The van der Waals surface area contributed by atoms with Gasteiger partial charge in [-0.3, -0.25) is 24.5 Å². The zero-order valence-corrected chi connectivity index (χ0v) is 27.3. The Labute approximate surface area is 267 Å². The quantitative estimate of drug-likeness (QED) is 0.191. The molecule has 0 bridgehead atoms. The highest BCUT2D eigenvalue weighted by molar-refractivity contribution is 6.72. The predicted octanol–water partition coefficient (Wildman–Crippen LogP) is 3.23. The molecule has 46 heavy (non-hydrogen) atoms. The summed E-state index contributed by atoms with van der Waals surface area (Å²) in [6.45, 7) is 6.76. The number of non-ortho nitro benzene ring substituents is 1. The number of nitrogens with one attached hydrogen (secondary N) is 1. The number of hydrogen-bond donors (Lipinski definition) is 2. The number of nitro groups is 1.